The predicted octanol–water partition coefficient (Wildman–Crippen LogP) is 3.21. The molecule has 3 rings (SSSR count). The summed E-state index contributed by atoms with van der Waals surface area (Å²) >= 11 is 3.58. The summed E-state index contributed by atoms with van der Waals surface area (Å²) in [5.41, 5.74) is 2.21. The van der Waals surface area contributed by atoms with E-state index < -0.39 is 6.10 Å². The lowest BCUT2D eigenvalue weighted by Gasteiger charge is -2.14. The average Bonchev–Trinajstić information content (AvgIpc) is 2.53. The first kappa shape index (κ1) is 11.2. The molecule has 0 saturated heterocycles. The Bertz CT molecular complexity index is 565. The van der Waals surface area contributed by atoms with Crippen molar-refractivity contribution in [1.29, 1.82) is 0 Å². The zero-order chi connectivity index (χ0) is 11.8. The summed E-state index contributed by atoms with van der Waals surface area (Å²) in [6.45, 7) is 1.06. The molecule has 2 aromatic rings. The van der Waals surface area contributed by atoms with E-state index in [1.165, 1.54) is 16.3 Å². The van der Waals surface area contributed by atoms with Crippen LogP contribution in [-0.2, 0) is 11.2 Å². The van der Waals surface area contributed by atoms with Crippen molar-refractivity contribution in [3.63, 3.8) is 0 Å². The molecule has 1 N–H and O–H groups in total. The quantitative estimate of drug-likeness (QED) is 0.808. The van der Waals surface area contributed by atoms with Crippen LogP contribution in [0.2, 0.25) is 0 Å². The minimum Gasteiger partial charge on any atom is -0.386 e. The number of hydrogen-bond acceptors (Lipinski definition) is 2. The molecule has 88 valence electrons. The first-order chi connectivity index (χ1) is 8.27. The van der Waals surface area contributed by atoms with E-state index in [9.17, 15) is 5.11 Å². The lowest BCUT2D eigenvalue weighted by atomic mass is 9.94. The molecule has 1 unspecified atom stereocenters. The van der Waals surface area contributed by atoms with E-state index in [0.29, 0.717) is 13.2 Å². The molecule has 0 spiro atoms. The van der Waals surface area contributed by atoms with Gasteiger partial charge in [-0.1, -0.05) is 40.2 Å². The van der Waals surface area contributed by atoms with Crippen LogP contribution in [0.1, 0.15) is 17.2 Å². The zero-order valence-corrected chi connectivity index (χ0v) is 10.9. The van der Waals surface area contributed by atoms with Crippen molar-refractivity contribution < 1.29 is 9.84 Å². The molecule has 2 nitrogen and oxygen atoms in total. The summed E-state index contributed by atoms with van der Waals surface area (Å²) in [5, 5.41) is 12.5. The maximum Gasteiger partial charge on any atom is 0.103 e. The van der Waals surface area contributed by atoms with Gasteiger partial charge in [-0.15, -0.1) is 0 Å². The Morgan fingerprint density at radius 1 is 1.24 bits per heavy atom. The molecule has 1 atom stereocenters. The largest absolute Gasteiger partial charge is 0.386 e. The SMILES string of the molecule is OC1COCCc2c1cc(Br)c1ccccc21. The molecule has 1 aliphatic rings. The van der Waals surface area contributed by atoms with Gasteiger partial charge in [-0.2, -0.15) is 0 Å². The third-order valence-electron chi connectivity index (χ3n) is 3.27. The normalized spacial score (nSPS) is 20.0. The molecule has 17 heavy (non-hydrogen) atoms. The van der Waals surface area contributed by atoms with Gasteiger partial charge < -0.3 is 9.84 Å². The monoisotopic (exact) mass is 292 g/mol. The molecule has 0 fully saturated rings. The first-order valence-corrected chi connectivity index (χ1v) is 6.52. The summed E-state index contributed by atoms with van der Waals surface area (Å²) in [5.74, 6) is 0. The van der Waals surface area contributed by atoms with Crippen molar-refractivity contribution in [1.82, 2.24) is 0 Å². The van der Waals surface area contributed by atoms with Gasteiger partial charge in [0.05, 0.1) is 13.2 Å². The highest BCUT2D eigenvalue weighted by molar-refractivity contribution is 9.10. The Balaban J connectivity index is 2.34. The van der Waals surface area contributed by atoms with E-state index in [1.54, 1.807) is 0 Å². The molecular weight excluding hydrogens is 280 g/mol. The average molecular weight is 293 g/mol. The summed E-state index contributed by atoms with van der Waals surface area (Å²) in [6.07, 6.45) is 0.341. The first-order valence-electron chi connectivity index (χ1n) is 5.73. The van der Waals surface area contributed by atoms with Crippen LogP contribution >= 0.6 is 15.9 Å². The van der Waals surface area contributed by atoms with E-state index in [2.05, 4.69) is 28.1 Å². The predicted molar refractivity (Wildman–Crippen MR) is 71.1 cm³/mol. The van der Waals surface area contributed by atoms with Gasteiger partial charge in [0, 0.05) is 4.47 Å². The molecule has 2 aromatic carbocycles. The molecule has 1 aliphatic heterocycles. The van der Waals surface area contributed by atoms with Crippen LogP contribution in [0.4, 0.5) is 0 Å². The Morgan fingerprint density at radius 3 is 2.82 bits per heavy atom. The van der Waals surface area contributed by atoms with Crippen LogP contribution in [0.5, 0.6) is 0 Å². The van der Waals surface area contributed by atoms with Crippen LogP contribution in [-0.4, -0.2) is 18.3 Å². The number of halogens is 1. The second-order valence-corrected chi connectivity index (χ2v) is 5.17. The molecule has 1 heterocycles. The number of aliphatic hydroxyl groups excluding tert-OH is 1. The number of benzene rings is 2. The third kappa shape index (κ3) is 1.88. The Hall–Kier alpha value is -0.900. The Kier molecular flexibility index (Phi) is 2.90. The van der Waals surface area contributed by atoms with Crippen molar-refractivity contribution in [2.24, 2.45) is 0 Å². The Morgan fingerprint density at radius 2 is 2.00 bits per heavy atom. The smallest absolute Gasteiger partial charge is 0.103 e. The lowest BCUT2D eigenvalue weighted by Crippen LogP contribution is -2.05. The molecule has 0 aromatic heterocycles. The molecule has 0 amide bonds. The molecule has 0 radical (unpaired) electrons. The lowest BCUT2D eigenvalue weighted by molar-refractivity contribution is 0.0451. The minimum absolute atomic E-state index is 0.387. The van der Waals surface area contributed by atoms with Gasteiger partial charge in [0.2, 0.25) is 0 Å². The highest BCUT2D eigenvalue weighted by Crippen LogP contribution is 2.34. The minimum atomic E-state index is -0.520. The van der Waals surface area contributed by atoms with E-state index in [-0.39, 0.29) is 0 Å². The zero-order valence-electron chi connectivity index (χ0n) is 9.32. The van der Waals surface area contributed by atoms with E-state index in [4.69, 9.17) is 4.74 Å². The molecule has 0 saturated carbocycles. The van der Waals surface area contributed by atoms with E-state index in [0.717, 1.165) is 16.5 Å². The van der Waals surface area contributed by atoms with Gasteiger partial charge in [-0.25, -0.2) is 0 Å². The van der Waals surface area contributed by atoms with Gasteiger partial charge in [0.1, 0.15) is 6.10 Å². The van der Waals surface area contributed by atoms with Gasteiger partial charge >= 0.3 is 0 Å². The summed E-state index contributed by atoms with van der Waals surface area (Å²) in [6, 6.07) is 10.3. The van der Waals surface area contributed by atoms with Crippen LogP contribution in [0.25, 0.3) is 10.8 Å². The van der Waals surface area contributed by atoms with Gasteiger partial charge in [-0.05, 0) is 34.4 Å². The third-order valence-corrected chi connectivity index (χ3v) is 3.93. The number of fused-ring (bicyclic) bond motifs is 3. The number of ether oxygens (including phenoxy) is 1. The van der Waals surface area contributed by atoms with Crippen molar-refractivity contribution in [2.45, 2.75) is 12.5 Å². The molecular formula is C14H13BrO2. The van der Waals surface area contributed by atoms with Crippen molar-refractivity contribution in [2.75, 3.05) is 13.2 Å². The van der Waals surface area contributed by atoms with Crippen LogP contribution in [0.3, 0.4) is 0 Å². The second-order valence-electron chi connectivity index (χ2n) is 4.31. The fourth-order valence-corrected chi connectivity index (χ4v) is 3.04. The van der Waals surface area contributed by atoms with Crippen LogP contribution < -0.4 is 0 Å². The summed E-state index contributed by atoms with van der Waals surface area (Å²) in [7, 11) is 0. The van der Waals surface area contributed by atoms with Gasteiger partial charge in [-0.3, -0.25) is 0 Å². The second kappa shape index (κ2) is 4.41. The topological polar surface area (TPSA) is 29.5 Å². The molecule has 3 heteroatoms. The maximum atomic E-state index is 10.1. The van der Waals surface area contributed by atoms with E-state index in [1.807, 2.05) is 18.2 Å². The maximum absolute atomic E-state index is 10.1. The standard InChI is InChI=1S/C14H13BrO2/c15-13-7-12-10(5-6-17-8-14(12)16)9-3-1-2-4-11(9)13/h1-4,7,14,16H,5-6,8H2. The van der Waals surface area contributed by atoms with Crippen molar-refractivity contribution in [3.8, 4) is 0 Å². The highest BCUT2D eigenvalue weighted by atomic mass is 79.9. The Labute approximate surface area is 108 Å². The summed E-state index contributed by atoms with van der Waals surface area (Å²) in [4.78, 5) is 0. The summed E-state index contributed by atoms with van der Waals surface area (Å²) < 4.78 is 6.45. The molecule has 0 aliphatic carbocycles. The highest BCUT2D eigenvalue weighted by Gasteiger charge is 2.19. The van der Waals surface area contributed by atoms with Gasteiger partial charge in [0.25, 0.3) is 0 Å². The number of rotatable bonds is 0. The van der Waals surface area contributed by atoms with Gasteiger partial charge in [0.15, 0.2) is 0 Å². The van der Waals surface area contributed by atoms with Crippen molar-refractivity contribution >= 4 is 26.7 Å². The fourth-order valence-electron chi connectivity index (χ4n) is 2.45. The molecule has 0 bridgehead atoms. The number of hydrogen-bond donors (Lipinski definition) is 1. The van der Waals surface area contributed by atoms with Crippen LogP contribution in [0.15, 0.2) is 34.8 Å². The van der Waals surface area contributed by atoms with Crippen LogP contribution in [0, 0.1) is 0 Å². The van der Waals surface area contributed by atoms with E-state index >= 15 is 0 Å². The fraction of sp³-hybridized carbons (Fsp3) is 0.286. The van der Waals surface area contributed by atoms with Crippen molar-refractivity contribution in [3.05, 3.63) is 45.9 Å². The number of aliphatic hydroxyl groups is 1.